The molecule has 6 nitrogen and oxygen atoms in total. The minimum atomic E-state index is 0.158. The maximum Gasteiger partial charge on any atom is 0.206 e. The molecule has 0 unspecified atom stereocenters. The maximum absolute atomic E-state index is 5.54. The van der Waals surface area contributed by atoms with Gasteiger partial charge in [0.15, 0.2) is 17.3 Å². The first-order valence-electron chi connectivity index (χ1n) is 8.17. The quantitative estimate of drug-likeness (QED) is 0.615. The number of furan rings is 1. The highest BCUT2D eigenvalue weighted by Gasteiger charge is 2.11. The minimum absolute atomic E-state index is 0.158. The van der Waals surface area contributed by atoms with Crippen LogP contribution in [0.4, 0.5) is 0 Å². The molecule has 0 spiro atoms. The molecule has 3 rings (SSSR count). The van der Waals surface area contributed by atoms with E-state index in [4.69, 9.17) is 13.9 Å². The Morgan fingerprint density at radius 2 is 2.00 bits per heavy atom. The van der Waals surface area contributed by atoms with Crippen LogP contribution in [-0.2, 0) is 0 Å². The number of methoxy groups -OCH3 is 2. The lowest BCUT2D eigenvalue weighted by Crippen LogP contribution is -2.14. The summed E-state index contributed by atoms with van der Waals surface area (Å²) in [6.07, 6.45) is 3.38. The predicted octanol–water partition coefficient (Wildman–Crippen LogP) is 4.02. The summed E-state index contributed by atoms with van der Waals surface area (Å²) in [6, 6.07) is 9.58. The summed E-state index contributed by atoms with van der Waals surface area (Å²) in [6.45, 7) is 4.07. The van der Waals surface area contributed by atoms with Crippen molar-refractivity contribution in [2.45, 2.75) is 19.9 Å². The highest BCUT2D eigenvalue weighted by molar-refractivity contribution is 7.07. The second-order valence-electron chi connectivity index (χ2n) is 5.74. The lowest BCUT2D eigenvalue weighted by Gasteiger charge is -2.09. The van der Waals surface area contributed by atoms with Crippen molar-refractivity contribution in [1.82, 2.24) is 4.68 Å². The SMILES string of the molecule is COc1cccc(C=Nn2c(-c3ccco3)csc2=NC(C)C)c1OC. The van der Waals surface area contributed by atoms with Crippen LogP contribution in [0.25, 0.3) is 11.5 Å². The molecular formula is C19H21N3O3S. The Morgan fingerprint density at radius 3 is 2.65 bits per heavy atom. The normalized spacial score (nSPS) is 12.3. The fourth-order valence-electron chi connectivity index (χ4n) is 2.45. The van der Waals surface area contributed by atoms with Crippen LogP contribution < -0.4 is 14.3 Å². The molecule has 0 saturated heterocycles. The predicted molar refractivity (Wildman–Crippen MR) is 103 cm³/mol. The summed E-state index contributed by atoms with van der Waals surface area (Å²) in [5, 5.41) is 6.63. The molecule has 0 amide bonds. The van der Waals surface area contributed by atoms with E-state index >= 15 is 0 Å². The minimum Gasteiger partial charge on any atom is -0.493 e. The van der Waals surface area contributed by atoms with Crippen molar-refractivity contribution >= 4 is 17.6 Å². The third kappa shape index (κ3) is 3.72. The van der Waals surface area contributed by atoms with E-state index in [1.807, 2.05) is 49.6 Å². The maximum atomic E-state index is 5.54. The molecule has 0 atom stereocenters. The largest absolute Gasteiger partial charge is 0.493 e. The van der Waals surface area contributed by atoms with Gasteiger partial charge in [-0.25, -0.2) is 4.68 Å². The zero-order valence-electron chi connectivity index (χ0n) is 15.2. The number of hydrogen-bond acceptors (Lipinski definition) is 6. The van der Waals surface area contributed by atoms with Gasteiger partial charge in [0.2, 0.25) is 4.80 Å². The van der Waals surface area contributed by atoms with Crippen LogP contribution in [-0.4, -0.2) is 31.2 Å². The molecule has 0 fully saturated rings. The van der Waals surface area contributed by atoms with Crippen LogP contribution >= 0.6 is 11.3 Å². The summed E-state index contributed by atoms with van der Waals surface area (Å²) in [5.41, 5.74) is 1.66. The molecule has 0 bridgehead atoms. The molecule has 0 aliphatic rings. The summed E-state index contributed by atoms with van der Waals surface area (Å²) < 4.78 is 18.1. The Bertz CT molecular complexity index is 953. The molecule has 7 heteroatoms. The van der Waals surface area contributed by atoms with E-state index in [2.05, 4.69) is 10.1 Å². The fourth-order valence-corrected chi connectivity index (χ4v) is 3.40. The third-order valence-corrected chi connectivity index (χ3v) is 4.40. The summed E-state index contributed by atoms with van der Waals surface area (Å²) in [4.78, 5) is 5.44. The van der Waals surface area contributed by atoms with Crippen molar-refractivity contribution in [3.8, 4) is 23.0 Å². The summed E-state index contributed by atoms with van der Waals surface area (Å²) in [7, 11) is 3.22. The number of rotatable bonds is 6. The van der Waals surface area contributed by atoms with Crippen LogP contribution in [0.5, 0.6) is 11.5 Å². The van der Waals surface area contributed by atoms with Gasteiger partial charge in [0.1, 0.15) is 5.69 Å². The first-order valence-corrected chi connectivity index (χ1v) is 9.05. The smallest absolute Gasteiger partial charge is 0.206 e. The second kappa shape index (κ2) is 8.05. The molecular weight excluding hydrogens is 350 g/mol. The van der Waals surface area contributed by atoms with Crippen molar-refractivity contribution in [3.63, 3.8) is 0 Å². The van der Waals surface area contributed by atoms with Gasteiger partial charge in [0.05, 0.1) is 26.7 Å². The van der Waals surface area contributed by atoms with Gasteiger partial charge in [-0.05, 0) is 38.1 Å². The Morgan fingerprint density at radius 1 is 1.15 bits per heavy atom. The van der Waals surface area contributed by atoms with E-state index in [0.717, 1.165) is 21.8 Å². The lowest BCUT2D eigenvalue weighted by molar-refractivity contribution is 0.354. The topological polar surface area (TPSA) is 61.2 Å². The first kappa shape index (κ1) is 18.0. The third-order valence-electron chi connectivity index (χ3n) is 3.57. The van der Waals surface area contributed by atoms with E-state index in [1.165, 1.54) is 11.3 Å². The van der Waals surface area contributed by atoms with E-state index < -0.39 is 0 Å². The van der Waals surface area contributed by atoms with E-state index in [0.29, 0.717) is 11.5 Å². The van der Waals surface area contributed by atoms with Gasteiger partial charge in [0.25, 0.3) is 0 Å². The van der Waals surface area contributed by atoms with Crippen LogP contribution in [0.3, 0.4) is 0 Å². The van der Waals surface area contributed by atoms with Crippen LogP contribution in [0.1, 0.15) is 19.4 Å². The highest BCUT2D eigenvalue weighted by atomic mass is 32.1. The molecule has 0 aliphatic carbocycles. The highest BCUT2D eigenvalue weighted by Crippen LogP contribution is 2.29. The van der Waals surface area contributed by atoms with Crippen molar-refractivity contribution in [2.24, 2.45) is 10.1 Å². The van der Waals surface area contributed by atoms with E-state index in [1.54, 1.807) is 31.4 Å². The molecule has 136 valence electrons. The zero-order valence-corrected chi connectivity index (χ0v) is 16.0. The Hall–Kier alpha value is -2.80. The van der Waals surface area contributed by atoms with Gasteiger partial charge in [-0.1, -0.05) is 6.07 Å². The number of aromatic nitrogens is 1. The number of thiazole rings is 1. The van der Waals surface area contributed by atoms with Gasteiger partial charge in [0, 0.05) is 17.0 Å². The lowest BCUT2D eigenvalue weighted by atomic mass is 10.2. The molecule has 0 N–H and O–H groups in total. The van der Waals surface area contributed by atoms with Crippen molar-refractivity contribution in [3.05, 3.63) is 52.3 Å². The zero-order chi connectivity index (χ0) is 18.5. The number of para-hydroxylation sites is 1. The Balaban J connectivity index is 2.10. The van der Waals surface area contributed by atoms with E-state index in [9.17, 15) is 0 Å². The molecule has 0 saturated carbocycles. The van der Waals surface area contributed by atoms with Crippen LogP contribution in [0.2, 0.25) is 0 Å². The van der Waals surface area contributed by atoms with Crippen LogP contribution in [0.15, 0.2) is 56.5 Å². The van der Waals surface area contributed by atoms with E-state index in [-0.39, 0.29) is 6.04 Å². The number of nitrogens with zero attached hydrogens (tertiary/aromatic N) is 3. The van der Waals surface area contributed by atoms with Gasteiger partial charge in [-0.3, -0.25) is 4.99 Å². The Kier molecular flexibility index (Phi) is 5.58. The average molecular weight is 371 g/mol. The second-order valence-corrected chi connectivity index (χ2v) is 6.58. The van der Waals surface area contributed by atoms with Crippen molar-refractivity contribution < 1.29 is 13.9 Å². The Labute approximate surface area is 156 Å². The van der Waals surface area contributed by atoms with Crippen molar-refractivity contribution in [1.29, 1.82) is 0 Å². The van der Waals surface area contributed by atoms with Gasteiger partial charge < -0.3 is 13.9 Å². The molecule has 3 aromatic rings. The van der Waals surface area contributed by atoms with Gasteiger partial charge in [-0.15, -0.1) is 11.3 Å². The first-order chi connectivity index (χ1) is 12.6. The number of hydrogen-bond donors (Lipinski definition) is 0. The molecule has 26 heavy (non-hydrogen) atoms. The van der Waals surface area contributed by atoms with Crippen LogP contribution in [0, 0.1) is 0 Å². The summed E-state index contributed by atoms with van der Waals surface area (Å²) in [5.74, 6) is 2.03. The number of benzene rings is 1. The molecule has 2 heterocycles. The fraction of sp³-hybridized carbons (Fsp3) is 0.263. The van der Waals surface area contributed by atoms with Crippen molar-refractivity contribution in [2.75, 3.05) is 14.2 Å². The number of ether oxygens (including phenoxy) is 2. The van der Waals surface area contributed by atoms with Gasteiger partial charge in [-0.2, -0.15) is 5.10 Å². The summed E-state index contributed by atoms with van der Waals surface area (Å²) >= 11 is 1.52. The standard InChI is InChI=1S/C19H21N3O3S/c1-13(2)21-19-22(15(12-26-19)16-9-6-10-25-16)20-11-14-7-5-8-17(23-3)18(14)24-4/h5-13H,1-4H3. The van der Waals surface area contributed by atoms with Gasteiger partial charge >= 0.3 is 0 Å². The average Bonchev–Trinajstić information content (AvgIpc) is 3.28. The molecule has 0 radical (unpaired) electrons. The molecule has 2 aromatic heterocycles. The molecule has 0 aliphatic heterocycles. The molecule has 1 aromatic carbocycles. The monoisotopic (exact) mass is 371 g/mol.